The zero-order chi connectivity index (χ0) is 23.0. The molecule has 0 unspecified atom stereocenters. The van der Waals surface area contributed by atoms with Crippen molar-refractivity contribution in [2.24, 2.45) is 0 Å². The molecule has 0 fully saturated rings. The fourth-order valence-electron chi connectivity index (χ4n) is 2.57. The van der Waals surface area contributed by atoms with Crippen LogP contribution in [0, 0.1) is 0 Å². The van der Waals surface area contributed by atoms with E-state index in [-0.39, 0.29) is 23.5 Å². The number of phenols is 1. The first kappa shape index (κ1) is 23.6. The summed E-state index contributed by atoms with van der Waals surface area (Å²) in [6.07, 6.45) is 1.05. The maximum Gasteiger partial charge on any atom is 0.251 e. The molecule has 0 radical (unpaired) electrons. The Labute approximate surface area is 181 Å². The lowest BCUT2D eigenvalue weighted by Crippen LogP contribution is -2.30. The van der Waals surface area contributed by atoms with Crippen LogP contribution in [-0.2, 0) is 4.79 Å². The number of hydrogen-bond donors (Lipinski definition) is 5. The molecular weight excluding hydrogens is 396 g/mol. The number of aromatic hydroxyl groups is 1. The van der Waals surface area contributed by atoms with Crippen LogP contribution < -0.4 is 15.8 Å². The van der Waals surface area contributed by atoms with Gasteiger partial charge in [-0.3, -0.25) is 19.8 Å². The Balaban J connectivity index is 0.000000224. The molecule has 0 spiro atoms. The van der Waals surface area contributed by atoms with Crippen molar-refractivity contribution in [2.75, 3.05) is 12.3 Å². The number of phenolic OH excluding ortho intramolecular Hbond substituents is 1. The van der Waals surface area contributed by atoms with Gasteiger partial charge in [-0.25, -0.2) is 0 Å². The number of amides is 1. The second-order valence-corrected chi connectivity index (χ2v) is 7.51. The molecular formula is C23H30N4O4. The normalized spacial score (nSPS) is 10.5. The second kappa shape index (κ2) is 10.9. The molecule has 31 heavy (non-hydrogen) atoms. The number of ketones is 1. The minimum absolute atomic E-state index is 0.000474. The Kier molecular flexibility index (Phi) is 8.31. The van der Waals surface area contributed by atoms with Gasteiger partial charge in [-0.15, -0.1) is 0 Å². The zero-order valence-electron chi connectivity index (χ0n) is 18.1. The van der Waals surface area contributed by atoms with Gasteiger partial charge in [-0.1, -0.05) is 6.58 Å². The summed E-state index contributed by atoms with van der Waals surface area (Å²) in [7, 11) is 0. The SMILES string of the molecule is C=C(C)C(=O)CCCOc1ccc(N)c(O)c1.CC(C)NC(=O)c1ccc2[nH][nH]c2c1. The predicted molar refractivity (Wildman–Crippen MR) is 122 cm³/mol. The smallest absolute Gasteiger partial charge is 0.251 e. The highest BCUT2D eigenvalue weighted by molar-refractivity contribution is 5.97. The number of benzene rings is 2. The maximum absolute atomic E-state index is 11.6. The number of rotatable bonds is 8. The van der Waals surface area contributed by atoms with Crippen molar-refractivity contribution >= 4 is 28.4 Å². The summed E-state index contributed by atoms with van der Waals surface area (Å²) in [5, 5.41) is 18.0. The molecule has 3 rings (SSSR count). The first-order valence-corrected chi connectivity index (χ1v) is 10.0. The Morgan fingerprint density at radius 3 is 2.42 bits per heavy atom. The Morgan fingerprint density at radius 2 is 1.87 bits per heavy atom. The summed E-state index contributed by atoms with van der Waals surface area (Å²) in [4.78, 5) is 22.8. The molecule has 0 bridgehead atoms. The van der Waals surface area contributed by atoms with Gasteiger partial charge in [-0.2, -0.15) is 0 Å². The Morgan fingerprint density at radius 1 is 1.16 bits per heavy atom. The number of allylic oxidation sites excluding steroid dienone is 1. The number of Topliss-reactive ketones (excluding diaryl/α,β-unsaturated/α-hetero) is 1. The minimum Gasteiger partial charge on any atom is -0.506 e. The minimum atomic E-state index is -0.0310. The van der Waals surface area contributed by atoms with E-state index in [1.807, 2.05) is 32.0 Å². The summed E-state index contributed by atoms with van der Waals surface area (Å²) in [5.41, 5.74) is 9.03. The van der Waals surface area contributed by atoms with Gasteiger partial charge in [0.1, 0.15) is 11.5 Å². The van der Waals surface area contributed by atoms with Crippen molar-refractivity contribution in [3.63, 3.8) is 0 Å². The standard InChI is InChI=1S/C13H17NO3.C10H13N3O/c1-9(2)12(15)4-3-7-17-10-5-6-11(14)13(16)8-10;1-6(2)11-10(14)7-3-4-8-9(5-7)13-12-8/h5-6,8,16H,1,3-4,7,14H2,2H3;3-6,12-13H,1-2H3,(H,11,14). The summed E-state index contributed by atoms with van der Waals surface area (Å²) < 4.78 is 5.37. The summed E-state index contributed by atoms with van der Waals surface area (Å²) >= 11 is 0. The summed E-state index contributed by atoms with van der Waals surface area (Å²) in [6.45, 7) is 9.58. The van der Waals surface area contributed by atoms with E-state index in [9.17, 15) is 14.7 Å². The average Bonchev–Trinajstić information content (AvgIpc) is 2.68. The molecule has 166 valence electrons. The van der Waals surface area contributed by atoms with Gasteiger partial charge >= 0.3 is 0 Å². The number of nitrogen functional groups attached to an aromatic ring is 1. The quantitative estimate of drug-likeness (QED) is 0.161. The fourth-order valence-corrected chi connectivity index (χ4v) is 2.57. The lowest BCUT2D eigenvalue weighted by molar-refractivity contribution is -0.115. The summed E-state index contributed by atoms with van der Waals surface area (Å²) in [5.74, 6) is 0.560. The number of anilines is 1. The van der Waals surface area contributed by atoms with E-state index >= 15 is 0 Å². The van der Waals surface area contributed by atoms with Crippen molar-refractivity contribution in [2.45, 2.75) is 39.7 Å². The van der Waals surface area contributed by atoms with Gasteiger partial charge in [0.05, 0.1) is 23.3 Å². The van der Waals surface area contributed by atoms with Crippen molar-refractivity contribution in [3.05, 3.63) is 54.1 Å². The van der Waals surface area contributed by atoms with Crippen molar-refractivity contribution in [3.8, 4) is 11.5 Å². The number of carbonyl (C=O) groups excluding carboxylic acids is 2. The molecule has 0 aliphatic heterocycles. The van der Waals surface area contributed by atoms with Crippen molar-refractivity contribution in [1.29, 1.82) is 0 Å². The molecule has 1 aromatic heterocycles. The molecule has 8 heteroatoms. The number of carbonyl (C=O) groups is 2. The maximum atomic E-state index is 11.6. The Hall–Kier alpha value is -3.68. The number of H-pyrrole nitrogens is 2. The highest BCUT2D eigenvalue weighted by Crippen LogP contribution is 2.25. The van der Waals surface area contributed by atoms with Crippen LogP contribution in [0.2, 0.25) is 0 Å². The Bertz CT molecular complexity index is 1050. The molecule has 0 aliphatic carbocycles. The monoisotopic (exact) mass is 426 g/mol. The van der Waals surface area contributed by atoms with E-state index in [0.29, 0.717) is 42.0 Å². The molecule has 0 saturated carbocycles. The third-order valence-corrected chi connectivity index (χ3v) is 4.33. The molecule has 6 N–H and O–H groups in total. The van der Waals surface area contributed by atoms with Crippen LogP contribution in [0.25, 0.3) is 11.0 Å². The second-order valence-electron chi connectivity index (χ2n) is 7.51. The topological polar surface area (TPSA) is 133 Å². The van der Waals surface area contributed by atoms with E-state index in [1.54, 1.807) is 19.1 Å². The van der Waals surface area contributed by atoms with E-state index in [0.717, 1.165) is 11.0 Å². The fraction of sp³-hybridized carbons (Fsp3) is 0.304. The molecule has 1 amide bonds. The first-order valence-electron chi connectivity index (χ1n) is 10.0. The van der Waals surface area contributed by atoms with Gasteiger partial charge in [0, 0.05) is 24.1 Å². The van der Waals surface area contributed by atoms with Gasteiger partial charge in [0.2, 0.25) is 0 Å². The van der Waals surface area contributed by atoms with Crippen LogP contribution in [0.5, 0.6) is 11.5 Å². The van der Waals surface area contributed by atoms with Crippen molar-refractivity contribution < 1.29 is 19.4 Å². The predicted octanol–water partition coefficient (Wildman–Crippen LogP) is 3.91. The number of nitrogens with two attached hydrogens (primary N) is 1. The number of fused-ring (bicyclic) bond motifs is 1. The van der Waals surface area contributed by atoms with Crippen LogP contribution in [0.3, 0.4) is 0 Å². The van der Waals surface area contributed by atoms with Crippen molar-refractivity contribution in [1.82, 2.24) is 15.5 Å². The highest BCUT2D eigenvalue weighted by Gasteiger charge is 2.08. The van der Waals surface area contributed by atoms with Gasteiger partial charge in [0.15, 0.2) is 5.78 Å². The van der Waals surface area contributed by atoms with E-state index < -0.39 is 0 Å². The molecule has 0 aliphatic rings. The molecule has 0 atom stereocenters. The molecule has 2 aromatic carbocycles. The largest absolute Gasteiger partial charge is 0.506 e. The number of hydrogen-bond acceptors (Lipinski definition) is 5. The van der Waals surface area contributed by atoms with Crippen LogP contribution >= 0.6 is 0 Å². The molecule has 0 saturated heterocycles. The van der Waals surface area contributed by atoms with Crippen LogP contribution in [0.1, 0.15) is 44.0 Å². The lowest BCUT2D eigenvalue weighted by Gasteiger charge is -2.09. The average molecular weight is 427 g/mol. The van der Waals surface area contributed by atoms with Gasteiger partial charge < -0.3 is 20.9 Å². The van der Waals surface area contributed by atoms with E-state index in [2.05, 4.69) is 22.1 Å². The van der Waals surface area contributed by atoms with E-state index in [1.165, 1.54) is 6.07 Å². The molecule has 1 heterocycles. The third-order valence-electron chi connectivity index (χ3n) is 4.33. The third kappa shape index (κ3) is 7.26. The highest BCUT2D eigenvalue weighted by atomic mass is 16.5. The number of aromatic amines is 2. The van der Waals surface area contributed by atoms with Crippen LogP contribution in [0.15, 0.2) is 48.6 Å². The number of nitrogens with one attached hydrogen (secondary N) is 3. The number of ether oxygens (including phenoxy) is 1. The van der Waals surface area contributed by atoms with Gasteiger partial charge in [0.25, 0.3) is 5.91 Å². The molecule has 8 nitrogen and oxygen atoms in total. The first-order chi connectivity index (χ1) is 14.7. The van der Waals surface area contributed by atoms with Gasteiger partial charge in [-0.05, 0) is 63.1 Å². The van der Waals surface area contributed by atoms with Crippen LogP contribution in [-0.4, -0.2) is 39.6 Å². The zero-order valence-corrected chi connectivity index (χ0v) is 18.1. The number of aromatic nitrogens is 2. The molecule has 3 aromatic rings. The summed E-state index contributed by atoms with van der Waals surface area (Å²) in [6, 6.07) is 10.4. The van der Waals surface area contributed by atoms with E-state index in [4.69, 9.17) is 10.5 Å². The van der Waals surface area contributed by atoms with Crippen LogP contribution in [0.4, 0.5) is 5.69 Å². The lowest BCUT2D eigenvalue weighted by atomic mass is 10.1.